The molecular formula is C8H6KNOS. The Labute approximate surface area is 119 Å². The van der Waals surface area contributed by atoms with E-state index in [4.69, 9.17) is 17.0 Å². The third-order valence-corrected chi connectivity index (χ3v) is 1.71. The summed E-state index contributed by atoms with van der Waals surface area (Å²) in [4.78, 5) is 4.16. The van der Waals surface area contributed by atoms with E-state index in [1.165, 1.54) is 0 Å². The van der Waals surface area contributed by atoms with E-state index in [1.54, 1.807) is 0 Å². The molecule has 0 unspecified atom stereocenters. The molecule has 0 spiro atoms. The molecule has 0 amide bonds. The molecule has 0 N–H and O–H groups in total. The average molecular weight is 203 g/mol. The molecule has 0 fully saturated rings. The average Bonchev–Trinajstić information content (AvgIpc) is 2.46. The molecule has 2 aromatic rings. The van der Waals surface area contributed by atoms with Crippen molar-refractivity contribution in [2.75, 3.05) is 0 Å². The molecule has 56 valence electrons. The van der Waals surface area contributed by atoms with Crippen LogP contribution in [0.2, 0.25) is 0 Å². The minimum Gasteiger partial charge on any atom is -0.783 e. The van der Waals surface area contributed by atoms with E-state index in [1.807, 2.05) is 24.3 Å². The van der Waals surface area contributed by atoms with Crippen molar-refractivity contribution in [1.82, 2.24) is 4.98 Å². The van der Waals surface area contributed by atoms with Gasteiger partial charge in [0.1, 0.15) is 5.52 Å². The fraction of sp³-hybridized carbons (Fsp3) is 0.125. The molecule has 12 heavy (non-hydrogen) atoms. The Balaban J connectivity index is 0.000000720. The number of rotatable bonds is 1. The fourth-order valence-electron chi connectivity index (χ4n) is 0.982. The van der Waals surface area contributed by atoms with Gasteiger partial charge in [0.25, 0.3) is 0 Å². The summed E-state index contributed by atoms with van der Waals surface area (Å²) in [5, 5.41) is 0. The van der Waals surface area contributed by atoms with Crippen LogP contribution in [0, 0.1) is 0 Å². The van der Waals surface area contributed by atoms with Crippen LogP contribution in [0.15, 0.2) is 28.7 Å². The third kappa shape index (κ3) is 2.13. The summed E-state index contributed by atoms with van der Waals surface area (Å²) < 4.78 is 5.30. The molecule has 1 aromatic heterocycles. The van der Waals surface area contributed by atoms with E-state index in [0.717, 1.165) is 11.1 Å². The molecule has 2 rings (SSSR count). The van der Waals surface area contributed by atoms with E-state index < -0.39 is 0 Å². The number of hydrogen-bond acceptors (Lipinski definition) is 3. The van der Waals surface area contributed by atoms with E-state index in [0.29, 0.717) is 11.6 Å². The summed E-state index contributed by atoms with van der Waals surface area (Å²) in [5.74, 6) is 1.07. The predicted molar refractivity (Wildman–Crippen MR) is 45.1 cm³/mol. The Kier molecular flexibility index (Phi) is 4.29. The van der Waals surface area contributed by atoms with Crippen molar-refractivity contribution in [2.24, 2.45) is 0 Å². The second-order valence-corrected chi connectivity index (χ2v) is 2.51. The van der Waals surface area contributed by atoms with Gasteiger partial charge in [0.05, 0.1) is 0 Å². The molecule has 0 radical (unpaired) electrons. The molecular weight excluding hydrogens is 197 g/mol. The van der Waals surface area contributed by atoms with Crippen LogP contribution >= 0.6 is 0 Å². The van der Waals surface area contributed by atoms with Crippen LogP contribution in [0.1, 0.15) is 5.89 Å². The SMILES string of the molecule is [K+].[S-]Cc1nc2ccccc2o1. The Morgan fingerprint density at radius 1 is 1.33 bits per heavy atom. The maximum Gasteiger partial charge on any atom is 1.00 e. The van der Waals surface area contributed by atoms with Gasteiger partial charge in [-0.2, -0.15) is 0 Å². The molecule has 0 saturated heterocycles. The quantitative estimate of drug-likeness (QED) is 0.434. The Morgan fingerprint density at radius 3 is 2.75 bits per heavy atom. The van der Waals surface area contributed by atoms with Crippen LogP contribution < -0.4 is 51.4 Å². The van der Waals surface area contributed by atoms with Crippen molar-refractivity contribution in [1.29, 1.82) is 0 Å². The maximum absolute atomic E-state index is 5.30. The van der Waals surface area contributed by atoms with Gasteiger partial charge < -0.3 is 17.0 Å². The van der Waals surface area contributed by atoms with Crippen molar-refractivity contribution in [3.05, 3.63) is 30.2 Å². The minimum atomic E-state index is 0. The maximum atomic E-state index is 5.30. The van der Waals surface area contributed by atoms with E-state index >= 15 is 0 Å². The molecule has 0 aliphatic carbocycles. The van der Waals surface area contributed by atoms with E-state index in [2.05, 4.69) is 4.98 Å². The third-order valence-electron chi connectivity index (χ3n) is 1.46. The Bertz CT molecular complexity index is 341. The number of aromatic nitrogens is 1. The van der Waals surface area contributed by atoms with Gasteiger partial charge in [-0.3, -0.25) is 0 Å². The van der Waals surface area contributed by atoms with Gasteiger partial charge in [0, 0.05) is 0 Å². The summed E-state index contributed by atoms with van der Waals surface area (Å²) >= 11 is 4.80. The van der Waals surface area contributed by atoms with E-state index in [-0.39, 0.29) is 51.4 Å². The van der Waals surface area contributed by atoms with Crippen molar-refractivity contribution < 1.29 is 55.8 Å². The molecule has 0 aliphatic rings. The number of para-hydroxylation sites is 2. The standard InChI is InChI=1S/C8H7NOS.K/c11-5-8-9-6-3-1-2-4-7(6)10-8;/h1-4,11H,5H2;/q;+1/p-1. The molecule has 0 saturated carbocycles. The first-order valence-electron chi connectivity index (χ1n) is 3.33. The molecule has 1 heterocycles. The zero-order chi connectivity index (χ0) is 7.68. The number of hydrogen-bond donors (Lipinski definition) is 0. The predicted octanol–water partition coefficient (Wildman–Crippen LogP) is -1.12. The summed E-state index contributed by atoms with van der Waals surface area (Å²) in [6.07, 6.45) is 0. The van der Waals surface area contributed by atoms with Gasteiger partial charge >= 0.3 is 51.4 Å². The summed E-state index contributed by atoms with van der Waals surface area (Å²) in [6.45, 7) is 0. The Morgan fingerprint density at radius 2 is 2.08 bits per heavy atom. The van der Waals surface area contributed by atoms with Crippen molar-refractivity contribution >= 4 is 23.7 Å². The summed E-state index contributed by atoms with van der Waals surface area (Å²) in [7, 11) is 0. The second-order valence-electron chi connectivity index (χ2n) is 2.22. The number of benzene rings is 1. The normalized spacial score (nSPS) is 9.75. The minimum absolute atomic E-state index is 0. The second kappa shape index (κ2) is 4.79. The summed E-state index contributed by atoms with van der Waals surface area (Å²) in [5.41, 5.74) is 1.69. The van der Waals surface area contributed by atoms with Gasteiger partial charge in [-0.15, -0.1) is 0 Å². The fourth-order valence-corrected chi connectivity index (χ4v) is 1.11. The largest absolute Gasteiger partial charge is 1.00 e. The zero-order valence-corrected chi connectivity index (χ0v) is 10.7. The summed E-state index contributed by atoms with van der Waals surface area (Å²) in [6, 6.07) is 7.64. The molecule has 1 aromatic carbocycles. The van der Waals surface area contributed by atoms with Gasteiger partial charge in [-0.25, -0.2) is 4.98 Å². The molecule has 0 atom stereocenters. The van der Waals surface area contributed by atoms with Crippen LogP contribution in [-0.2, 0) is 18.4 Å². The van der Waals surface area contributed by atoms with Crippen molar-refractivity contribution in [3.8, 4) is 0 Å². The van der Waals surface area contributed by atoms with E-state index in [9.17, 15) is 0 Å². The molecule has 0 aliphatic heterocycles. The smallest absolute Gasteiger partial charge is 0.783 e. The number of fused-ring (bicyclic) bond motifs is 1. The molecule has 4 heteroatoms. The van der Waals surface area contributed by atoms with Gasteiger partial charge in [-0.1, -0.05) is 17.9 Å². The van der Waals surface area contributed by atoms with Gasteiger partial charge in [0.2, 0.25) is 0 Å². The first kappa shape index (κ1) is 10.8. The van der Waals surface area contributed by atoms with Crippen LogP contribution in [0.4, 0.5) is 0 Å². The van der Waals surface area contributed by atoms with Crippen LogP contribution in [0.5, 0.6) is 0 Å². The number of oxazole rings is 1. The molecule has 0 bridgehead atoms. The topological polar surface area (TPSA) is 26.0 Å². The molecule has 2 nitrogen and oxygen atoms in total. The number of nitrogens with zero attached hydrogens (tertiary/aromatic N) is 1. The Hall–Kier alpha value is 0.676. The van der Waals surface area contributed by atoms with Crippen LogP contribution in [0.3, 0.4) is 0 Å². The van der Waals surface area contributed by atoms with Gasteiger partial charge in [0.15, 0.2) is 11.5 Å². The van der Waals surface area contributed by atoms with Crippen molar-refractivity contribution in [2.45, 2.75) is 5.75 Å². The van der Waals surface area contributed by atoms with Crippen molar-refractivity contribution in [3.63, 3.8) is 0 Å². The first-order valence-corrected chi connectivity index (χ1v) is 3.90. The monoisotopic (exact) mass is 203 g/mol. The van der Waals surface area contributed by atoms with Gasteiger partial charge in [-0.05, 0) is 12.1 Å². The van der Waals surface area contributed by atoms with Crippen LogP contribution in [-0.4, -0.2) is 4.98 Å². The van der Waals surface area contributed by atoms with Crippen LogP contribution in [0.25, 0.3) is 11.1 Å². The zero-order valence-electron chi connectivity index (χ0n) is 6.78. The first-order chi connectivity index (χ1) is 5.40.